The van der Waals surface area contributed by atoms with Crippen molar-refractivity contribution in [2.24, 2.45) is 0 Å². The predicted molar refractivity (Wildman–Crippen MR) is 84.3 cm³/mol. The molecule has 1 N–H and O–H groups in total. The van der Waals surface area contributed by atoms with Crippen molar-refractivity contribution in [3.8, 4) is 0 Å². The van der Waals surface area contributed by atoms with E-state index in [-0.39, 0.29) is 5.35 Å². The van der Waals surface area contributed by atoms with E-state index in [1.165, 1.54) is 6.26 Å². The zero-order valence-electron chi connectivity index (χ0n) is 11.9. The van der Waals surface area contributed by atoms with Gasteiger partial charge in [0.05, 0.1) is 0 Å². The van der Waals surface area contributed by atoms with Crippen LogP contribution in [0.5, 0.6) is 0 Å². The van der Waals surface area contributed by atoms with Gasteiger partial charge in [-0.1, -0.05) is 60.7 Å². The van der Waals surface area contributed by atoms with Gasteiger partial charge in [-0.25, -0.2) is 4.79 Å². The number of hydrogen-bond acceptors (Lipinski definition) is 3. The van der Waals surface area contributed by atoms with Crippen LogP contribution in [0.25, 0.3) is 12.3 Å². The van der Waals surface area contributed by atoms with Gasteiger partial charge in [0.2, 0.25) is 5.55 Å². The van der Waals surface area contributed by atoms with E-state index in [1.807, 2.05) is 60.7 Å². The normalized spacial score (nSPS) is 12.5. The van der Waals surface area contributed by atoms with Crippen LogP contribution in [0.15, 0.2) is 69.9 Å². The van der Waals surface area contributed by atoms with Gasteiger partial charge in [0.1, 0.15) is 12.9 Å². The molecule has 0 bridgehead atoms. The highest BCUT2D eigenvalue weighted by Gasteiger charge is 1.96. The lowest BCUT2D eigenvalue weighted by atomic mass is 10.2. The van der Waals surface area contributed by atoms with E-state index in [1.54, 1.807) is 6.08 Å². The van der Waals surface area contributed by atoms with E-state index >= 15 is 0 Å². The van der Waals surface area contributed by atoms with Crippen LogP contribution in [0, 0.1) is 0 Å². The molecule has 0 saturated heterocycles. The highest BCUT2D eigenvalue weighted by Crippen LogP contribution is 2.00. The molecule has 3 rings (SSSR count). The van der Waals surface area contributed by atoms with Crippen LogP contribution in [0.4, 0.5) is 0 Å². The van der Waals surface area contributed by atoms with Gasteiger partial charge in [-0.3, -0.25) is 0 Å². The first kappa shape index (κ1) is 13.9. The first-order valence-corrected chi connectivity index (χ1v) is 6.93. The molecule has 0 radical (unpaired) electrons. The quantitative estimate of drug-likeness (QED) is 0.797. The van der Waals surface area contributed by atoms with Crippen molar-refractivity contribution in [2.75, 3.05) is 0 Å². The third-order valence-corrected chi connectivity index (χ3v) is 3.07. The van der Waals surface area contributed by atoms with Crippen molar-refractivity contribution in [3.05, 3.63) is 93.1 Å². The van der Waals surface area contributed by atoms with E-state index in [9.17, 15) is 4.79 Å². The van der Waals surface area contributed by atoms with Crippen LogP contribution >= 0.6 is 0 Å². The lowest BCUT2D eigenvalue weighted by Gasteiger charge is -1.98. The Bertz CT molecular complexity index is 893. The molecule has 0 unspecified atom stereocenters. The second kappa shape index (κ2) is 6.63. The van der Waals surface area contributed by atoms with Crippen LogP contribution in [0.1, 0.15) is 11.1 Å². The second-order valence-corrected chi connectivity index (χ2v) is 4.76. The summed E-state index contributed by atoms with van der Waals surface area (Å²) in [6.07, 6.45) is 3.15. The van der Waals surface area contributed by atoms with E-state index < -0.39 is 5.63 Å². The smallest absolute Gasteiger partial charge is 0.364 e. The Kier molecular flexibility index (Phi) is 4.20. The van der Waals surface area contributed by atoms with Crippen LogP contribution < -0.4 is 16.5 Å². The van der Waals surface area contributed by atoms with Crippen LogP contribution in [0.3, 0.4) is 0 Å². The summed E-state index contributed by atoms with van der Waals surface area (Å²) in [6, 6.07) is 19.4. The Labute approximate surface area is 127 Å². The summed E-state index contributed by atoms with van der Waals surface area (Å²) >= 11 is 0. The number of aromatic amines is 1. The Morgan fingerprint density at radius 2 is 1.68 bits per heavy atom. The first-order valence-electron chi connectivity index (χ1n) is 6.93. The molecule has 0 amide bonds. The molecule has 1 heterocycles. The maximum atomic E-state index is 11.7. The van der Waals surface area contributed by atoms with Crippen molar-refractivity contribution in [2.45, 2.75) is 6.61 Å². The molecule has 0 aliphatic carbocycles. The minimum Gasteiger partial charge on any atom is -0.494 e. The summed E-state index contributed by atoms with van der Waals surface area (Å²) in [5.74, 6) is 0. The fraction of sp³-hybridized carbons (Fsp3) is 0.0556. The highest BCUT2D eigenvalue weighted by atomic mass is 16.5. The number of oxazole rings is 1. The first-order chi connectivity index (χ1) is 10.8. The van der Waals surface area contributed by atoms with Crippen molar-refractivity contribution in [3.63, 3.8) is 0 Å². The van der Waals surface area contributed by atoms with Crippen molar-refractivity contribution < 1.29 is 9.15 Å². The molecule has 3 aromatic rings. The Morgan fingerprint density at radius 1 is 1.00 bits per heavy atom. The number of rotatable bonds is 4. The van der Waals surface area contributed by atoms with Crippen molar-refractivity contribution in [1.29, 1.82) is 0 Å². The summed E-state index contributed by atoms with van der Waals surface area (Å²) in [5, 5.41) is 0.290. The molecular formula is C18H15NO3. The Morgan fingerprint density at radius 3 is 2.41 bits per heavy atom. The summed E-state index contributed by atoms with van der Waals surface area (Å²) < 4.78 is 10.6. The molecule has 4 nitrogen and oxygen atoms in total. The monoisotopic (exact) mass is 293 g/mol. The second-order valence-electron chi connectivity index (χ2n) is 4.76. The zero-order valence-corrected chi connectivity index (χ0v) is 11.9. The van der Waals surface area contributed by atoms with Crippen LogP contribution in [0.2, 0.25) is 0 Å². The van der Waals surface area contributed by atoms with Gasteiger partial charge < -0.3 is 14.1 Å². The van der Waals surface area contributed by atoms with Gasteiger partial charge in [0, 0.05) is 6.08 Å². The lowest BCUT2D eigenvalue weighted by molar-refractivity contribution is 0.280. The molecule has 0 fully saturated rings. The van der Waals surface area contributed by atoms with Gasteiger partial charge in [-0.15, -0.1) is 0 Å². The highest BCUT2D eigenvalue weighted by molar-refractivity contribution is 5.46. The third-order valence-electron chi connectivity index (χ3n) is 3.07. The number of ether oxygens (including phenoxy) is 1. The van der Waals surface area contributed by atoms with E-state index in [0.29, 0.717) is 12.2 Å². The molecule has 2 aromatic carbocycles. The number of nitrogens with one attached hydrogen (secondary N) is 1. The molecule has 1 aromatic heterocycles. The van der Waals surface area contributed by atoms with Gasteiger partial charge >= 0.3 is 5.63 Å². The lowest BCUT2D eigenvalue weighted by Crippen LogP contribution is -2.21. The van der Waals surface area contributed by atoms with Crippen molar-refractivity contribution >= 4 is 12.3 Å². The summed E-state index contributed by atoms with van der Waals surface area (Å²) in [4.78, 5) is 14.6. The molecule has 0 saturated carbocycles. The molecule has 0 atom stereocenters. The molecule has 4 heteroatoms. The van der Waals surface area contributed by atoms with E-state index in [0.717, 1.165) is 11.1 Å². The maximum absolute atomic E-state index is 11.7. The van der Waals surface area contributed by atoms with Gasteiger partial charge in [0.15, 0.2) is 5.35 Å². The Hall–Kier alpha value is -3.01. The third kappa shape index (κ3) is 3.55. The summed E-state index contributed by atoms with van der Waals surface area (Å²) in [5.41, 5.74) is 1.93. The minimum absolute atomic E-state index is 0.290. The molecule has 0 aliphatic rings. The summed E-state index contributed by atoms with van der Waals surface area (Å²) in [6.45, 7) is 0.400. The zero-order chi connectivity index (χ0) is 15.2. The molecule has 110 valence electrons. The predicted octanol–water partition coefficient (Wildman–Crippen LogP) is 1.75. The van der Waals surface area contributed by atoms with Crippen molar-refractivity contribution in [1.82, 2.24) is 4.98 Å². The summed E-state index contributed by atoms with van der Waals surface area (Å²) in [7, 11) is 0. The number of aromatic nitrogens is 1. The van der Waals surface area contributed by atoms with Crippen LogP contribution in [-0.2, 0) is 11.3 Å². The average molecular weight is 293 g/mol. The minimum atomic E-state index is -0.449. The van der Waals surface area contributed by atoms with Crippen LogP contribution in [-0.4, -0.2) is 4.98 Å². The van der Waals surface area contributed by atoms with E-state index in [2.05, 4.69) is 4.98 Å². The van der Waals surface area contributed by atoms with E-state index in [4.69, 9.17) is 9.15 Å². The van der Waals surface area contributed by atoms with Gasteiger partial charge in [-0.2, -0.15) is 0 Å². The SMILES string of the molecule is O=c1oc(=Cc2ccccc2)[nH]c1=COCc1ccccc1. The maximum Gasteiger partial charge on any atom is 0.364 e. The molecular weight excluding hydrogens is 278 g/mol. The number of hydrogen-bond donors (Lipinski definition) is 1. The number of H-pyrrole nitrogens is 1. The largest absolute Gasteiger partial charge is 0.494 e. The fourth-order valence-corrected chi connectivity index (χ4v) is 2.00. The topological polar surface area (TPSA) is 55.2 Å². The molecule has 0 spiro atoms. The standard InChI is InChI=1S/C18H15NO3/c20-18-16(13-21-12-15-9-5-2-6-10-15)19-17(22-18)11-14-7-3-1-4-8-14/h1-11,13,19H,12H2. The fourth-order valence-electron chi connectivity index (χ4n) is 2.00. The van der Waals surface area contributed by atoms with Gasteiger partial charge in [-0.05, 0) is 11.1 Å². The molecule has 22 heavy (non-hydrogen) atoms. The Balaban J connectivity index is 1.79. The molecule has 0 aliphatic heterocycles. The number of benzene rings is 2. The van der Waals surface area contributed by atoms with Gasteiger partial charge in [0.25, 0.3) is 0 Å². The average Bonchev–Trinajstić information content (AvgIpc) is 2.89.